The first-order valence-corrected chi connectivity index (χ1v) is 6.13. The van der Waals surface area contributed by atoms with Crippen LogP contribution in [0, 0.1) is 6.92 Å². The number of rotatable bonds is 4. The number of ether oxygens (including phenoxy) is 1. The third-order valence-corrected chi connectivity index (χ3v) is 2.73. The zero-order valence-electron chi connectivity index (χ0n) is 10.8. The van der Waals surface area contributed by atoms with Crippen LogP contribution in [0.1, 0.15) is 24.6 Å². The quantitative estimate of drug-likeness (QED) is 0.590. The maximum absolute atomic E-state index is 5.53. The molecule has 1 aliphatic heterocycles. The molecule has 0 saturated carbocycles. The molecule has 1 atom stereocenters. The summed E-state index contributed by atoms with van der Waals surface area (Å²) < 4.78 is 10.4. The van der Waals surface area contributed by atoms with Crippen molar-refractivity contribution in [2.75, 3.05) is 20.2 Å². The number of hydrogen-bond acceptors (Lipinski definition) is 5. The Morgan fingerprint density at radius 3 is 3.00 bits per heavy atom. The predicted octanol–water partition coefficient (Wildman–Crippen LogP) is 0.222. The summed E-state index contributed by atoms with van der Waals surface area (Å²) in [6.07, 6.45) is 2.53. The number of nitrogens with one attached hydrogen (secondary N) is 2. The van der Waals surface area contributed by atoms with Gasteiger partial charge in [0.05, 0.1) is 12.6 Å². The summed E-state index contributed by atoms with van der Waals surface area (Å²) in [4.78, 5) is 8.23. The Morgan fingerprint density at radius 2 is 2.39 bits per heavy atom. The minimum Gasteiger partial charge on any atom is -0.376 e. The first kappa shape index (κ1) is 12.8. The van der Waals surface area contributed by atoms with Gasteiger partial charge in [-0.25, -0.2) is 0 Å². The van der Waals surface area contributed by atoms with Gasteiger partial charge in [0.15, 0.2) is 11.8 Å². The monoisotopic (exact) mass is 253 g/mol. The van der Waals surface area contributed by atoms with Gasteiger partial charge >= 0.3 is 0 Å². The minimum absolute atomic E-state index is 0.288. The Hall–Kier alpha value is -1.63. The molecule has 0 aliphatic carbocycles. The van der Waals surface area contributed by atoms with Crippen LogP contribution in [-0.4, -0.2) is 42.4 Å². The van der Waals surface area contributed by atoms with Gasteiger partial charge < -0.3 is 19.9 Å². The molecule has 7 nitrogen and oxygen atoms in total. The summed E-state index contributed by atoms with van der Waals surface area (Å²) in [5, 5.41) is 10.1. The van der Waals surface area contributed by atoms with E-state index in [-0.39, 0.29) is 6.10 Å². The topological polar surface area (TPSA) is 84.6 Å². The fraction of sp³-hybridized carbons (Fsp3) is 0.727. The molecule has 0 bridgehead atoms. The summed E-state index contributed by atoms with van der Waals surface area (Å²) in [7, 11) is 1.73. The maximum atomic E-state index is 5.53. The van der Waals surface area contributed by atoms with Gasteiger partial charge in [0.25, 0.3) is 0 Å². The lowest BCUT2D eigenvalue weighted by Gasteiger charge is -2.14. The van der Waals surface area contributed by atoms with E-state index in [1.165, 1.54) is 0 Å². The summed E-state index contributed by atoms with van der Waals surface area (Å²) in [5.41, 5.74) is 0. The molecule has 1 aliphatic rings. The molecule has 0 aromatic carbocycles. The fourth-order valence-electron chi connectivity index (χ4n) is 1.81. The first-order chi connectivity index (χ1) is 8.78. The predicted molar refractivity (Wildman–Crippen MR) is 66.2 cm³/mol. The molecule has 1 aromatic heterocycles. The first-order valence-electron chi connectivity index (χ1n) is 6.13. The van der Waals surface area contributed by atoms with E-state index in [4.69, 9.17) is 9.26 Å². The van der Waals surface area contributed by atoms with Gasteiger partial charge in [0, 0.05) is 27.1 Å². The Labute approximate surface area is 106 Å². The molecule has 7 heteroatoms. The van der Waals surface area contributed by atoms with Crippen molar-refractivity contribution in [3.8, 4) is 0 Å². The highest BCUT2D eigenvalue weighted by molar-refractivity contribution is 5.79. The largest absolute Gasteiger partial charge is 0.376 e. The summed E-state index contributed by atoms with van der Waals surface area (Å²) in [6.45, 7) is 3.88. The highest BCUT2D eigenvalue weighted by Gasteiger charge is 2.15. The molecule has 18 heavy (non-hydrogen) atoms. The van der Waals surface area contributed by atoms with Gasteiger partial charge in [0.2, 0.25) is 5.89 Å². The Kier molecular flexibility index (Phi) is 4.52. The van der Waals surface area contributed by atoms with E-state index in [0.29, 0.717) is 24.2 Å². The van der Waals surface area contributed by atoms with Crippen LogP contribution >= 0.6 is 0 Å². The van der Waals surface area contributed by atoms with Gasteiger partial charge in [-0.05, 0) is 12.8 Å². The molecule has 0 spiro atoms. The molecule has 1 fully saturated rings. The van der Waals surface area contributed by atoms with Gasteiger partial charge in [-0.1, -0.05) is 5.16 Å². The van der Waals surface area contributed by atoms with Crippen LogP contribution in [0.4, 0.5) is 0 Å². The third kappa shape index (κ3) is 3.69. The second kappa shape index (κ2) is 6.34. The van der Waals surface area contributed by atoms with Crippen LogP contribution in [0.25, 0.3) is 0 Å². The summed E-state index contributed by atoms with van der Waals surface area (Å²) >= 11 is 0. The number of nitrogens with zero attached hydrogens (tertiary/aromatic N) is 3. The number of aromatic nitrogens is 2. The van der Waals surface area contributed by atoms with Crippen molar-refractivity contribution in [1.82, 2.24) is 20.8 Å². The lowest BCUT2D eigenvalue weighted by Crippen LogP contribution is -2.40. The van der Waals surface area contributed by atoms with Crippen molar-refractivity contribution in [2.24, 2.45) is 4.99 Å². The van der Waals surface area contributed by atoms with Crippen LogP contribution < -0.4 is 10.6 Å². The van der Waals surface area contributed by atoms with E-state index in [9.17, 15) is 0 Å². The molecule has 2 N–H and O–H groups in total. The van der Waals surface area contributed by atoms with Gasteiger partial charge in [-0.2, -0.15) is 4.98 Å². The Bertz CT molecular complexity index is 398. The molecular weight excluding hydrogens is 234 g/mol. The highest BCUT2D eigenvalue weighted by atomic mass is 16.5. The number of aliphatic imine (C=N–C) groups is 1. The Balaban J connectivity index is 1.72. The highest BCUT2D eigenvalue weighted by Crippen LogP contribution is 2.10. The van der Waals surface area contributed by atoms with Crippen molar-refractivity contribution >= 4 is 5.96 Å². The normalized spacial score (nSPS) is 20.1. The number of aryl methyl sites for hydroxylation is 1. The van der Waals surface area contributed by atoms with Gasteiger partial charge in [-0.15, -0.1) is 0 Å². The van der Waals surface area contributed by atoms with E-state index in [0.717, 1.165) is 26.0 Å². The second-order valence-electron chi connectivity index (χ2n) is 4.17. The molecule has 0 radical (unpaired) electrons. The average Bonchev–Trinajstić information content (AvgIpc) is 3.01. The van der Waals surface area contributed by atoms with Crippen LogP contribution in [-0.2, 0) is 11.3 Å². The molecule has 1 unspecified atom stereocenters. The summed E-state index contributed by atoms with van der Waals surface area (Å²) in [5.74, 6) is 1.90. The molecule has 0 amide bonds. The SMILES string of the molecule is CN=C(NCc1noc(C)n1)NCC1CCCO1. The van der Waals surface area contributed by atoms with Crippen molar-refractivity contribution in [3.63, 3.8) is 0 Å². The number of hydrogen-bond donors (Lipinski definition) is 2. The third-order valence-electron chi connectivity index (χ3n) is 2.73. The fourth-order valence-corrected chi connectivity index (χ4v) is 1.81. The zero-order chi connectivity index (χ0) is 12.8. The molecule has 2 heterocycles. The molecular formula is C11H19N5O2. The second-order valence-corrected chi connectivity index (χ2v) is 4.17. The molecule has 1 aromatic rings. The minimum atomic E-state index is 0.288. The van der Waals surface area contributed by atoms with Crippen LogP contribution in [0.15, 0.2) is 9.52 Å². The van der Waals surface area contributed by atoms with E-state index in [2.05, 4.69) is 25.8 Å². The lowest BCUT2D eigenvalue weighted by atomic mass is 10.2. The van der Waals surface area contributed by atoms with E-state index in [1.807, 2.05) is 0 Å². The van der Waals surface area contributed by atoms with Gasteiger partial charge in [0.1, 0.15) is 0 Å². The smallest absolute Gasteiger partial charge is 0.223 e. The average molecular weight is 253 g/mol. The lowest BCUT2D eigenvalue weighted by molar-refractivity contribution is 0.114. The standard InChI is InChI=1S/C11H19N5O2/c1-8-15-10(16-18-8)7-14-11(12-2)13-6-9-4-3-5-17-9/h9H,3-7H2,1-2H3,(H2,12,13,14). The summed E-state index contributed by atoms with van der Waals surface area (Å²) in [6, 6.07) is 0. The zero-order valence-corrected chi connectivity index (χ0v) is 10.8. The van der Waals surface area contributed by atoms with Crippen molar-refractivity contribution in [2.45, 2.75) is 32.4 Å². The van der Waals surface area contributed by atoms with Crippen molar-refractivity contribution < 1.29 is 9.26 Å². The van der Waals surface area contributed by atoms with Crippen molar-refractivity contribution in [1.29, 1.82) is 0 Å². The Morgan fingerprint density at radius 1 is 1.50 bits per heavy atom. The van der Waals surface area contributed by atoms with Crippen LogP contribution in [0.5, 0.6) is 0 Å². The van der Waals surface area contributed by atoms with E-state index < -0.39 is 0 Å². The number of guanidine groups is 1. The molecule has 1 saturated heterocycles. The maximum Gasteiger partial charge on any atom is 0.223 e. The van der Waals surface area contributed by atoms with Crippen LogP contribution in [0.3, 0.4) is 0 Å². The molecule has 100 valence electrons. The van der Waals surface area contributed by atoms with Gasteiger partial charge in [-0.3, -0.25) is 4.99 Å². The van der Waals surface area contributed by atoms with Crippen molar-refractivity contribution in [3.05, 3.63) is 11.7 Å². The molecule has 2 rings (SSSR count). The van der Waals surface area contributed by atoms with E-state index in [1.54, 1.807) is 14.0 Å². The van der Waals surface area contributed by atoms with E-state index >= 15 is 0 Å². The van der Waals surface area contributed by atoms with Crippen LogP contribution in [0.2, 0.25) is 0 Å².